The molecule has 24 heavy (non-hydrogen) atoms. The van der Waals surface area contributed by atoms with Gasteiger partial charge in [0.05, 0.1) is 5.69 Å². The number of amidine groups is 1. The Kier molecular flexibility index (Phi) is 4.92. The van der Waals surface area contributed by atoms with Crippen molar-refractivity contribution in [2.45, 2.75) is 13.8 Å². The first-order chi connectivity index (χ1) is 11.7. The number of aryl methyl sites for hydroxylation is 2. The van der Waals surface area contributed by atoms with E-state index in [4.69, 9.17) is 4.74 Å². The van der Waals surface area contributed by atoms with Crippen molar-refractivity contribution in [2.75, 3.05) is 5.32 Å². The molecular formula is C21H20N2O. The molecule has 0 heterocycles. The minimum absolute atomic E-state index is 0.439. The van der Waals surface area contributed by atoms with Gasteiger partial charge in [-0.05, 0) is 50.2 Å². The third-order valence-corrected chi connectivity index (χ3v) is 3.53. The van der Waals surface area contributed by atoms with Crippen LogP contribution in [-0.2, 0) is 0 Å². The molecule has 0 saturated heterocycles. The van der Waals surface area contributed by atoms with Crippen LogP contribution in [0.1, 0.15) is 11.1 Å². The van der Waals surface area contributed by atoms with E-state index >= 15 is 0 Å². The van der Waals surface area contributed by atoms with Gasteiger partial charge in [0.2, 0.25) is 0 Å². The molecule has 0 radical (unpaired) electrons. The van der Waals surface area contributed by atoms with Gasteiger partial charge in [-0.3, -0.25) is 0 Å². The average molecular weight is 316 g/mol. The number of aliphatic imine (C=N–C) groups is 1. The summed E-state index contributed by atoms with van der Waals surface area (Å²) in [5.41, 5.74) is 4.18. The molecule has 3 aromatic rings. The van der Waals surface area contributed by atoms with Crippen molar-refractivity contribution in [3.8, 4) is 5.75 Å². The first-order valence-corrected chi connectivity index (χ1v) is 7.91. The van der Waals surface area contributed by atoms with Gasteiger partial charge < -0.3 is 10.1 Å². The molecule has 3 nitrogen and oxygen atoms in total. The van der Waals surface area contributed by atoms with Gasteiger partial charge in [0, 0.05) is 5.69 Å². The lowest BCUT2D eigenvalue weighted by molar-refractivity contribution is 0.549. The predicted molar refractivity (Wildman–Crippen MR) is 100 cm³/mol. The highest BCUT2D eigenvalue weighted by atomic mass is 16.5. The fourth-order valence-corrected chi connectivity index (χ4v) is 2.17. The van der Waals surface area contributed by atoms with Crippen LogP contribution in [0.5, 0.6) is 5.75 Å². The quantitative estimate of drug-likeness (QED) is 0.512. The number of hydrogen-bond donors (Lipinski definition) is 1. The van der Waals surface area contributed by atoms with Gasteiger partial charge in [0.15, 0.2) is 0 Å². The largest absolute Gasteiger partial charge is 0.426 e. The second-order valence-corrected chi connectivity index (χ2v) is 5.66. The Labute approximate surface area is 142 Å². The Morgan fingerprint density at radius 2 is 1.33 bits per heavy atom. The zero-order chi connectivity index (χ0) is 16.8. The van der Waals surface area contributed by atoms with Crippen LogP contribution in [0.15, 0.2) is 83.9 Å². The lowest BCUT2D eigenvalue weighted by Gasteiger charge is -2.11. The molecule has 0 aliphatic carbocycles. The summed E-state index contributed by atoms with van der Waals surface area (Å²) >= 11 is 0. The van der Waals surface area contributed by atoms with Crippen molar-refractivity contribution < 1.29 is 4.74 Å². The molecule has 120 valence electrons. The Morgan fingerprint density at radius 3 is 1.96 bits per heavy atom. The second-order valence-electron chi connectivity index (χ2n) is 5.66. The van der Waals surface area contributed by atoms with Crippen LogP contribution in [0.25, 0.3) is 0 Å². The van der Waals surface area contributed by atoms with Crippen LogP contribution < -0.4 is 10.1 Å². The fraction of sp³-hybridized carbons (Fsp3) is 0.0952. The van der Waals surface area contributed by atoms with Gasteiger partial charge in [-0.15, -0.1) is 0 Å². The lowest BCUT2D eigenvalue weighted by atomic mass is 10.2. The Balaban J connectivity index is 1.87. The van der Waals surface area contributed by atoms with Crippen LogP contribution in [0.3, 0.4) is 0 Å². The number of rotatable bonds is 3. The number of anilines is 1. The summed E-state index contributed by atoms with van der Waals surface area (Å²) in [6.07, 6.45) is 0. The van der Waals surface area contributed by atoms with Crippen molar-refractivity contribution in [1.82, 2.24) is 0 Å². The van der Waals surface area contributed by atoms with E-state index in [9.17, 15) is 0 Å². The molecule has 0 bridgehead atoms. The molecule has 0 aromatic heterocycles. The van der Waals surface area contributed by atoms with E-state index in [1.54, 1.807) is 0 Å². The topological polar surface area (TPSA) is 33.6 Å². The van der Waals surface area contributed by atoms with Crippen molar-refractivity contribution in [1.29, 1.82) is 0 Å². The van der Waals surface area contributed by atoms with E-state index in [0.29, 0.717) is 6.02 Å². The average Bonchev–Trinajstić information content (AvgIpc) is 2.60. The molecule has 0 atom stereocenters. The van der Waals surface area contributed by atoms with Crippen LogP contribution in [-0.4, -0.2) is 6.02 Å². The standard InChI is InChI=1S/C21H20N2O/c1-16-8-12-18(13-9-16)22-21(24-20-6-4-3-5-7-20)23-19-14-10-17(2)11-15-19/h3-15H,1-2H3,(H,22,23). The molecule has 0 fully saturated rings. The van der Waals surface area contributed by atoms with E-state index in [1.807, 2.05) is 78.9 Å². The molecule has 3 aromatic carbocycles. The normalized spacial score (nSPS) is 11.2. The van der Waals surface area contributed by atoms with E-state index in [2.05, 4.69) is 24.2 Å². The molecule has 0 amide bonds. The molecule has 0 saturated carbocycles. The van der Waals surface area contributed by atoms with Crippen LogP contribution in [0.4, 0.5) is 11.4 Å². The fourth-order valence-electron chi connectivity index (χ4n) is 2.17. The van der Waals surface area contributed by atoms with Crippen LogP contribution in [0.2, 0.25) is 0 Å². The van der Waals surface area contributed by atoms with Gasteiger partial charge >= 0.3 is 0 Å². The highest BCUT2D eigenvalue weighted by Crippen LogP contribution is 2.17. The molecule has 1 N–H and O–H groups in total. The maximum atomic E-state index is 5.92. The van der Waals surface area contributed by atoms with E-state index in [1.165, 1.54) is 11.1 Å². The SMILES string of the molecule is Cc1ccc(N=C(Nc2ccc(C)cc2)Oc2ccccc2)cc1. The molecule has 3 heteroatoms. The number of nitrogens with one attached hydrogen (secondary N) is 1. The lowest BCUT2D eigenvalue weighted by Crippen LogP contribution is -2.19. The third-order valence-electron chi connectivity index (χ3n) is 3.53. The Hall–Kier alpha value is -3.07. The number of benzene rings is 3. The summed E-state index contributed by atoms with van der Waals surface area (Å²) in [4.78, 5) is 4.60. The summed E-state index contributed by atoms with van der Waals surface area (Å²) in [6, 6.07) is 26.2. The molecular weight excluding hydrogens is 296 g/mol. The summed E-state index contributed by atoms with van der Waals surface area (Å²) < 4.78 is 5.92. The molecule has 0 unspecified atom stereocenters. The van der Waals surface area contributed by atoms with Crippen molar-refractivity contribution in [2.24, 2.45) is 4.99 Å². The smallest absolute Gasteiger partial charge is 0.300 e. The number of hydrogen-bond acceptors (Lipinski definition) is 2. The first-order valence-electron chi connectivity index (χ1n) is 7.91. The van der Waals surface area contributed by atoms with Crippen LogP contribution >= 0.6 is 0 Å². The summed E-state index contributed by atoms with van der Waals surface area (Å²) in [7, 11) is 0. The van der Waals surface area contributed by atoms with E-state index < -0.39 is 0 Å². The summed E-state index contributed by atoms with van der Waals surface area (Å²) in [6.45, 7) is 4.12. The predicted octanol–water partition coefficient (Wildman–Crippen LogP) is 5.48. The highest BCUT2D eigenvalue weighted by molar-refractivity contribution is 5.92. The number of nitrogens with zero attached hydrogens (tertiary/aromatic N) is 1. The number of ether oxygens (including phenoxy) is 1. The molecule has 0 aliphatic heterocycles. The Bertz CT molecular complexity index is 807. The van der Waals surface area contributed by atoms with E-state index in [-0.39, 0.29) is 0 Å². The van der Waals surface area contributed by atoms with Crippen molar-refractivity contribution in [3.05, 3.63) is 90.0 Å². The van der Waals surface area contributed by atoms with Gasteiger partial charge in [0.25, 0.3) is 6.02 Å². The summed E-state index contributed by atoms with van der Waals surface area (Å²) in [5, 5.41) is 3.25. The first kappa shape index (κ1) is 15.8. The monoisotopic (exact) mass is 316 g/mol. The Morgan fingerprint density at radius 1 is 0.750 bits per heavy atom. The highest BCUT2D eigenvalue weighted by Gasteiger charge is 2.04. The second kappa shape index (κ2) is 7.47. The summed E-state index contributed by atoms with van der Waals surface area (Å²) in [5.74, 6) is 0.739. The minimum atomic E-state index is 0.439. The maximum absolute atomic E-state index is 5.92. The van der Waals surface area contributed by atoms with Crippen LogP contribution in [0, 0.1) is 13.8 Å². The number of para-hydroxylation sites is 1. The maximum Gasteiger partial charge on any atom is 0.300 e. The van der Waals surface area contributed by atoms with Crippen molar-refractivity contribution in [3.63, 3.8) is 0 Å². The van der Waals surface area contributed by atoms with E-state index in [0.717, 1.165) is 17.1 Å². The zero-order valence-electron chi connectivity index (χ0n) is 13.9. The third kappa shape index (κ3) is 4.46. The minimum Gasteiger partial charge on any atom is -0.426 e. The zero-order valence-corrected chi connectivity index (χ0v) is 13.9. The van der Waals surface area contributed by atoms with Gasteiger partial charge in [-0.1, -0.05) is 53.6 Å². The molecule has 3 rings (SSSR count). The molecule has 0 spiro atoms. The molecule has 0 aliphatic rings. The van der Waals surface area contributed by atoms with Crippen molar-refractivity contribution >= 4 is 17.4 Å². The van der Waals surface area contributed by atoms with Gasteiger partial charge in [0.1, 0.15) is 5.75 Å². The van der Waals surface area contributed by atoms with Gasteiger partial charge in [-0.2, -0.15) is 4.99 Å². The van der Waals surface area contributed by atoms with Gasteiger partial charge in [-0.25, -0.2) is 0 Å².